The Bertz CT molecular complexity index is 563. The third-order valence-electron chi connectivity index (χ3n) is 3.43. The number of aryl methyl sites for hydroxylation is 1. The fraction of sp³-hybridized carbons (Fsp3) is 0.611. The van der Waals surface area contributed by atoms with Gasteiger partial charge in [-0.15, -0.1) is 24.0 Å². The van der Waals surface area contributed by atoms with Gasteiger partial charge in [-0.05, 0) is 45.2 Å². The Kier molecular flexibility index (Phi) is 11.7. The van der Waals surface area contributed by atoms with Crippen LogP contribution < -0.4 is 15.4 Å². The second-order valence-electron chi connectivity index (χ2n) is 6.20. The molecule has 0 aliphatic heterocycles. The summed E-state index contributed by atoms with van der Waals surface area (Å²) in [5.41, 5.74) is 2.12. The zero-order chi connectivity index (χ0) is 18.9. The van der Waals surface area contributed by atoms with E-state index in [0.717, 1.165) is 16.9 Å². The van der Waals surface area contributed by atoms with Gasteiger partial charge in [0.05, 0.1) is 6.10 Å². The molecule has 2 N–H and O–H groups in total. The first kappa shape index (κ1) is 24.8. The number of aliphatic imine (C=N–C) groups is 1. The molecular formula is C18H29F3IN3O. The average molecular weight is 487 g/mol. The summed E-state index contributed by atoms with van der Waals surface area (Å²) >= 11 is 0. The fourth-order valence-electron chi connectivity index (χ4n) is 2.23. The maximum absolute atomic E-state index is 12.1. The Morgan fingerprint density at radius 1 is 1.19 bits per heavy atom. The van der Waals surface area contributed by atoms with E-state index in [1.165, 1.54) is 0 Å². The minimum Gasteiger partial charge on any atom is -0.491 e. The predicted octanol–water partition coefficient (Wildman–Crippen LogP) is 4.80. The van der Waals surface area contributed by atoms with Crippen LogP contribution in [0.15, 0.2) is 23.2 Å². The van der Waals surface area contributed by atoms with Crippen molar-refractivity contribution in [3.05, 3.63) is 29.3 Å². The molecule has 0 atom stereocenters. The Balaban J connectivity index is 0.00000625. The lowest BCUT2D eigenvalue weighted by Gasteiger charge is -2.17. The largest absolute Gasteiger partial charge is 0.491 e. The van der Waals surface area contributed by atoms with Crippen LogP contribution in [-0.4, -0.2) is 31.8 Å². The summed E-state index contributed by atoms with van der Waals surface area (Å²) in [6.45, 7) is 6.91. The standard InChI is InChI=1S/C18H28F3N3O.HI/c1-13(2)25-16-11-14(3)7-8-15(16)12-24-17(22-4)23-10-6-5-9-18(19,20)21;/h7-8,11,13H,5-6,9-10,12H2,1-4H3,(H2,22,23,24);1H. The first-order chi connectivity index (χ1) is 11.7. The second-order valence-corrected chi connectivity index (χ2v) is 6.20. The van der Waals surface area contributed by atoms with E-state index in [-0.39, 0.29) is 36.5 Å². The van der Waals surface area contributed by atoms with Crippen molar-refractivity contribution in [2.24, 2.45) is 4.99 Å². The summed E-state index contributed by atoms with van der Waals surface area (Å²) in [7, 11) is 1.63. The normalized spacial score (nSPS) is 11.9. The highest BCUT2D eigenvalue weighted by molar-refractivity contribution is 14.0. The summed E-state index contributed by atoms with van der Waals surface area (Å²) in [5, 5.41) is 6.19. The SMILES string of the molecule is CN=C(NCCCCC(F)(F)F)NCc1ccc(C)cc1OC(C)C.I. The molecule has 0 heterocycles. The molecule has 0 saturated carbocycles. The highest BCUT2D eigenvalue weighted by Crippen LogP contribution is 2.22. The summed E-state index contributed by atoms with van der Waals surface area (Å²) in [5.74, 6) is 1.38. The van der Waals surface area contributed by atoms with Crippen LogP contribution in [0.4, 0.5) is 13.2 Å². The van der Waals surface area contributed by atoms with E-state index in [1.807, 2.05) is 39.0 Å². The molecule has 0 saturated heterocycles. The minimum absolute atomic E-state index is 0. The molecule has 150 valence electrons. The zero-order valence-corrected chi connectivity index (χ0v) is 18.1. The van der Waals surface area contributed by atoms with Crippen molar-refractivity contribution in [3.8, 4) is 5.75 Å². The fourth-order valence-corrected chi connectivity index (χ4v) is 2.23. The molecule has 0 aliphatic rings. The number of benzene rings is 1. The van der Waals surface area contributed by atoms with Gasteiger partial charge in [0.15, 0.2) is 5.96 Å². The highest BCUT2D eigenvalue weighted by Gasteiger charge is 2.25. The van der Waals surface area contributed by atoms with Crippen molar-refractivity contribution < 1.29 is 17.9 Å². The van der Waals surface area contributed by atoms with E-state index in [4.69, 9.17) is 4.74 Å². The number of hydrogen-bond acceptors (Lipinski definition) is 2. The monoisotopic (exact) mass is 487 g/mol. The number of unbranched alkanes of at least 4 members (excludes halogenated alkanes) is 1. The molecule has 0 amide bonds. The quantitative estimate of drug-likeness (QED) is 0.240. The number of nitrogens with zero attached hydrogens (tertiary/aromatic N) is 1. The van der Waals surface area contributed by atoms with Crippen LogP contribution >= 0.6 is 24.0 Å². The Labute approximate surface area is 171 Å². The number of nitrogens with one attached hydrogen (secondary N) is 2. The second kappa shape index (κ2) is 12.2. The zero-order valence-electron chi connectivity index (χ0n) is 15.7. The van der Waals surface area contributed by atoms with Crippen molar-refractivity contribution in [2.45, 2.75) is 58.9 Å². The van der Waals surface area contributed by atoms with E-state index in [2.05, 4.69) is 15.6 Å². The first-order valence-corrected chi connectivity index (χ1v) is 8.48. The van der Waals surface area contributed by atoms with E-state index in [1.54, 1.807) is 7.05 Å². The molecule has 1 rings (SSSR count). The molecular weight excluding hydrogens is 458 g/mol. The van der Waals surface area contributed by atoms with Crippen molar-refractivity contribution in [1.82, 2.24) is 10.6 Å². The van der Waals surface area contributed by atoms with Gasteiger partial charge in [-0.2, -0.15) is 13.2 Å². The molecule has 4 nitrogen and oxygen atoms in total. The van der Waals surface area contributed by atoms with E-state index in [0.29, 0.717) is 25.5 Å². The molecule has 0 spiro atoms. The van der Waals surface area contributed by atoms with Gasteiger partial charge in [0.1, 0.15) is 5.75 Å². The minimum atomic E-state index is -4.09. The molecule has 0 aliphatic carbocycles. The Morgan fingerprint density at radius 2 is 1.88 bits per heavy atom. The number of guanidine groups is 1. The van der Waals surface area contributed by atoms with Crippen molar-refractivity contribution in [1.29, 1.82) is 0 Å². The van der Waals surface area contributed by atoms with Gasteiger partial charge in [-0.1, -0.05) is 12.1 Å². The van der Waals surface area contributed by atoms with Crippen LogP contribution in [-0.2, 0) is 6.54 Å². The Morgan fingerprint density at radius 3 is 2.46 bits per heavy atom. The highest BCUT2D eigenvalue weighted by atomic mass is 127. The number of ether oxygens (including phenoxy) is 1. The summed E-state index contributed by atoms with van der Waals surface area (Å²) in [4.78, 5) is 4.09. The molecule has 0 unspecified atom stereocenters. The third kappa shape index (κ3) is 10.7. The van der Waals surface area contributed by atoms with E-state index < -0.39 is 12.6 Å². The lowest BCUT2D eigenvalue weighted by Crippen LogP contribution is -2.37. The van der Waals surface area contributed by atoms with Gasteiger partial charge in [0.2, 0.25) is 0 Å². The van der Waals surface area contributed by atoms with E-state index in [9.17, 15) is 13.2 Å². The van der Waals surface area contributed by atoms with Gasteiger partial charge in [-0.25, -0.2) is 0 Å². The van der Waals surface area contributed by atoms with Crippen molar-refractivity contribution in [3.63, 3.8) is 0 Å². The topological polar surface area (TPSA) is 45.7 Å². The molecule has 1 aromatic carbocycles. The average Bonchev–Trinajstić information content (AvgIpc) is 2.50. The molecule has 0 radical (unpaired) electrons. The first-order valence-electron chi connectivity index (χ1n) is 8.48. The van der Waals surface area contributed by atoms with Gasteiger partial charge in [-0.3, -0.25) is 4.99 Å². The predicted molar refractivity (Wildman–Crippen MR) is 110 cm³/mol. The number of rotatable bonds is 8. The summed E-state index contributed by atoms with van der Waals surface area (Å²) < 4.78 is 42.1. The molecule has 0 bridgehead atoms. The van der Waals surface area contributed by atoms with Gasteiger partial charge >= 0.3 is 6.18 Å². The van der Waals surface area contributed by atoms with Crippen LogP contribution in [0.1, 0.15) is 44.2 Å². The Hall–Kier alpha value is -1.19. The lowest BCUT2D eigenvalue weighted by atomic mass is 10.1. The number of hydrogen-bond donors (Lipinski definition) is 2. The van der Waals surface area contributed by atoms with Crippen LogP contribution in [0.2, 0.25) is 0 Å². The summed E-state index contributed by atoms with van der Waals surface area (Å²) in [6, 6.07) is 6.00. The molecule has 0 fully saturated rings. The van der Waals surface area contributed by atoms with E-state index >= 15 is 0 Å². The molecule has 1 aromatic rings. The number of alkyl halides is 3. The van der Waals surface area contributed by atoms with Gasteiger partial charge in [0, 0.05) is 32.1 Å². The maximum Gasteiger partial charge on any atom is 0.389 e. The smallest absolute Gasteiger partial charge is 0.389 e. The number of halogens is 4. The molecule has 0 aromatic heterocycles. The van der Waals surface area contributed by atoms with Gasteiger partial charge < -0.3 is 15.4 Å². The molecule has 8 heteroatoms. The maximum atomic E-state index is 12.1. The molecule has 26 heavy (non-hydrogen) atoms. The van der Waals surface area contributed by atoms with Crippen LogP contribution in [0, 0.1) is 6.92 Å². The van der Waals surface area contributed by atoms with Crippen molar-refractivity contribution >= 4 is 29.9 Å². The summed E-state index contributed by atoms with van der Waals surface area (Å²) in [6.07, 6.45) is -4.21. The van der Waals surface area contributed by atoms with Crippen LogP contribution in [0.3, 0.4) is 0 Å². The van der Waals surface area contributed by atoms with Crippen LogP contribution in [0.25, 0.3) is 0 Å². The van der Waals surface area contributed by atoms with Gasteiger partial charge in [0.25, 0.3) is 0 Å². The third-order valence-corrected chi connectivity index (χ3v) is 3.43. The lowest BCUT2D eigenvalue weighted by molar-refractivity contribution is -0.135. The van der Waals surface area contributed by atoms with Crippen molar-refractivity contribution in [2.75, 3.05) is 13.6 Å². The van der Waals surface area contributed by atoms with Crippen LogP contribution in [0.5, 0.6) is 5.75 Å².